The Kier molecular flexibility index (Phi) is 17.5. The minimum absolute atomic E-state index is 0.0768. The molecule has 0 saturated heterocycles. The van der Waals surface area contributed by atoms with Crippen LogP contribution in [0.5, 0.6) is 0 Å². The van der Waals surface area contributed by atoms with Crippen LogP contribution in [0.4, 0.5) is 0 Å². The first-order valence-electron chi connectivity index (χ1n) is 11.5. The molecule has 9 nitrogen and oxygen atoms in total. The fourth-order valence-corrected chi connectivity index (χ4v) is 3.48. The van der Waals surface area contributed by atoms with Crippen molar-refractivity contribution in [2.75, 3.05) is 0 Å². The Balaban J connectivity index is 3.85. The second-order valence-corrected chi connectivity index (χ2v) is 8.90. The summed E-state index contributed by atoms with van der Waals surface area (Å²) in [6, 6.07) is -1.69. The molecule has 0 radical (unpaired) electrons. The number of carbonyl (C=O) groups is 3. The summed E-state index contributed by atoms with van der Waals surface area (Å²) in [4.78, 5) is 34.3. The first kappa shape index (κ1) is 30.1. The Labute approximate surface area is 191 Å². The molecule has 0 rings (SSSR count). The van der Waals surface area contributed by atoms with E-state index in [0.29, 0.717) is 6.42 Å². The number of nitrogens with one attached hydrogen (secondary N) is 1. The quantitative estimate of drug-likeness (QED) is 0.133. The number of carbonyl (C=O) groups excluding carboxylic acids is 2. The third-order valence-electron chi connectivity index (χ3n) is 4.85. The fraction of sp³-hybridized carbons (Fsp3) is 0.773. The van der Waals surface area contributed by atoms with Gasteiger partial charge >= 0.3 is 22.3 Å². The number of hydrogen-bond donors (Lipinski definition) is 3. The Morgan fingerprint density at radius 3 is 1.88 bits per heavy atom. The van der Waals surface area contributed by atoms with Crippen molar-refractivity contribution in [3.63, 3.8) is 0 Å². The highest BCUT2D eigenvalue weighted by Crippen LogP contribution is 2.10. The van der Waals surface area contributed by atoms with E-state index >= 15 is 0 Å². The monoisotopic (exact) mass is 477 g/mol. The Hall–Kier alpha value is -1.94. The topological polar surface area (TPSA) is 147 Å². The minimum Gasteiger partial charge on any atom is -0.481 e. The Bertz CT molecular complexity index is 675. The van der Waals surface area contributed by atoms with Crippen LogP contribution in [0, 0.1) is 0 Å². The fourth-order valence-electron chi connectivity index (χ4n) is 3.15. The molecule has 1 amide bonds. The predicted octanol–water partition coefficient (Wildman–Crippen LogP) is 4.33. The van der Waals surface area contributed by atoms with E-state index in [-0.39, 0.29) is 6.42 Å². The van der Waals surface area contributed by atoms with Gasteiger partial charge in [-0.1, -0.05) is 70.4 Å². The molecule has 1 unspecified atom stereocenters. The highest BCUT2D eigenvalue weighted by Gasteiger charge is 2.28. The summed E-state index contributed by atoms with van der Waals surface area (Å²) in [7, 11) is -5.08. The lowest BCUT2D eigenvalue weighted by molar-refractivity contribution is -0.145. The summed E-state index contributed by atoms with van der Waals surface area (Å²) in [6.45, 7) is 2.22. The van der Waals surface area contributed by atoms with E-state index in [0.717, 1.165) is 38.5 Å². The first-order chi connectivity index (χ1) is 15.2. The van der Waals surface area contributed by atoms with Crippen molar-refractivity contribution in [3.8, 4) is 0 Å². The summed E-state index contributed by atoms with van der Waals surface area (Å²) in [5.41, 5.74) is 0. The molecule has 0 saturated carbocycles. The first-order valence-corrected chi connectivity index (χ1v) is 12.9. The molecule has 10 heteroatoms. The Morgan fingerprint density at radius 2 is 1.38 bits per heavy atom. The highest BCUT2D eigenvalue weighted by molar-refractivity contribution is 7.81. The van der Waals surface area contributed by atoms with Crippen LogP contribution in [0.25, 0.3) is 0 Å². The molecule has 1 atom stereocenters. The Morgan fingerprint density at radius 1 is 0.875 bits per heavy atom. The van der Waals surface area contributed by atoms with E-state index in [1.165, 1.54) is 38.5 Å². The molecule has 0 aromatic heterocycles. The van der Waals surface area contributed by atoms with Gasteiger partial charge in [-0.3, -0.25) is 14.1 Å². The SMILES string of the molecule is CCCCCCCCC=CCCCCCCCC(=O)NC(CC(=O)O)C(=O)OS(=O)(=O)O. The van der Waals surface area contributed by atoms with Gasteiger partial charge in [0.25, 0.3) is 0 Å². The average Bonchev–Trinajstić information content (AvgIpc) is 2.68. The number of carboxylic acids is 1. The number of amides is 1. The normalized spacial score (nSPS) is 12.6. The minimum atomic E-state index is -5.08. The number of allylic oxidation sites excluding steroid dienone is 2. The lowest BCUT2D eigenvalue weighted by Crippen LogP contribution is -2.43. The maximum Gasteiger partial charge on any atom is 0.449 e. The summed E-state index contributed by atoms with van der Waals surface area (Å²) in [5.74, 6) is -3.56. The standard InChI is InChI=1S/C22H39NO8S/c1-2-3-4-5-6-7-8-9-10-11-12-13-14-15-16-17-20(24)23-19(18-21(25)26)22(27)31-32(28,29)30/h9-10,19H,2-8,11-18H2,1H3,(H,23,24)(H,25,26)(H,28,29,30). The van der Waals surface area contributed by atoms with Crippen LogP contribution in [-0.4, -0.2) is 42.0 Å². The number of aliphatic carboxylic acids is 1. The summed E-state index contributed by atoms with van der Waals surface area (Å²) in [6.07, 6.45) is 18.2. The molecule has 0 aromatic rings. The summed E-state index contributed by atoms with van der Waals surface area (Å²) in [5, 5.41) is 10.9. The molecule has 0 heterocycles. The van der Waals surface area contributed by atoms with Gasteiger partial charge in [-0.15, -0.1) is 0 Å². The van der Waals surface area contributed by atoms with Crippen molar-refractivity contribution in [3.05, 3.63) is 12.2 Å². The van der Waals surface area contributed by atoms with Crippen LogP contribution < -0.4 is 5.32 Å². The summed E-state index contributed by atoms with van der Waals surface area (Å²) < 4.78 is 33.4. The summed E-state index contributed by atoms with van der Waals surface area (Å²) >= 11 is 0. The van der Waals surface area contributed by atoms with Crippen LogP contribution in [0.15, 0.2) is 12.2 Å². The molecular formula is C22H39NO8S. The van der Waals surface area contributed by atoms with Gasteiger partial charge in [0.15, 0.2) is 0 Å². The van der Waals surface area contributed by atoms with Crippen molar-refractivity contribution in [1.29, 1.82) is 0 Å². The second-order valence-electron chi connectivity index (χ2n) is 7.88. The van der Waals surface area contributed by atoms with Crippen molar-refractivity contribution >= 4 is 28.2 Å². The van der Waals surface area contributed by atoms with Crippen LogP contribution in [0.2, 0.25) is 0 Å². The molecule has 0 aliphatic heterocycles. The zero-order chi connectivity index (χ0) is 24.2. The van der Waals surface area contributed by atoms with Gasteiger partial charge in [0.2, 0.25) is 5.91 Å². The van der Waals surface area contributed by atoms with Crippen LogP contribution in [0.3, 0.4) is 0 Å². The number of rotatable bonds is 20. The van der Waals surface area contributed by atoms with Crippen molar-refractivity contribution in [2.24, 2.45) is 0 Å². The molecule has 0 bridgehead atoms. The highest BCUT2D eigenvalue weighted by atomic mass is 32.3. The van der Waals surface area contributed by atoms with Gasteiger partial charge in [0.05, 0.1) is 6.42 Å². The number of unbranched alkanes of at least 4 members (excludes halogenated alkanes) is 11. The smallest absolute Gasteiger partial charge is 0.449 e. The van der Waals surface area contributed by atoms with Crippen LogP contribution in [0.1, 0.15) is 103 Å². The maximum absolute atomic E-state index is 11.9. The molecule has 32 heavy (non-hydrogen) atoms. The molecule has 0 aliphatic rings. The van der Waals surface area contributed by atoms with Crippen LogP contribution >= 0.6 is 0 Å². The van der Waals surface area contributed by atoms with Crippen LogP contribution in [-0.2, 0) is 29.0 Å². The van der Waals surface area contributed by atoms with Crippen molar-refractivity contribution in [1.82, 2.24) is 5.32 Å². The van der Waals surface area contributed by atoms with Gasteiger partial charge in [-0.25, -0.2) is 4.79 Å². The van der Waals surface area contributed by atoms with E-state index in [1.54, 1.807) is 0 Å². The predicted molar refractivity (Wildman–Crippen MR) is 121 cm³/mol. The third-order valence-corrected chi connectivity index (χ3v) is 5.23. The molecule has 0 fully saturated rings. The van der Waals surface area contributed by atoms with E-state index in [9.17, 15) is 22.8 Å². The average molecular weight is 478 g/mol. The van der Waals surface area contributed by atoms with Gasteiger partial charge in [0, 0.05) is 6.42 Å². The molecule has 0 spiro atoms. The molecule has 3 N–H and O–H groups in total. The largest absolute Gasteiger partial charge is 0.481 e. The van der Waals surface area contributed by atoms with Gasteiger partial charge in [-0.05, 0) is 32.1 Å². The third kappa shape index (κ3) is 20.0. The van der Waals surface area contributed by atoms with Gasteiger partial charge < -0.3 is 14.6 Å². The lowest BCUT2D eigenvalue weighted by atomic mass is 10.1. The molecule has 186 valence electrons. The second kappa shape index (κ2) is 18.6. The van der Waals surface area contributed by atoms with E-state index in [4.69, 9.17) is 9.66 Å². The van der Waals surface area contributed by atoms with Crippen molar-refractivity contribution in [2.45, 2.75) is 109 Å². The maximum atomic E-state index is 11.9. The lowest BCUT2D eigenvalue weighted by Gasteiger charge is -2.14. The number of hydrogen-bond acceptors (Lipinski definition) is 6. The molecule has 0 aromatic carbocycles. The van der Waals surface area contributed by atoms with E-state index in [2.05, 4.69) is 28.6 Å². The van der Waals surface area contributed by atoms with E-state index < -0.39 is 40.7 Å². The molecular weight excluding hydrogens is 438 g/mol. The van der Waals surface area contributed by atoms with E-state index in [1.807, 2.05) is 0 Å². The zero-order valence-electron chi connectivity index (χ0n) is 19.1. The van der Waals surface area contributed by atoms with Gasteiger partial charge in [0.1, 0.15) is 6.04 Å². The van der Waals surface area contributed by atoms with Gasteiger partial charge in [-0.2, -0.15) is 8.42 Å². The van der Waals surface area contributed by atoms with Crippen molar-refractivity contribution < 1.29 is 36.6 Å². The number of carboxylic acid groups (broad SMARTS) is 1. The molecule has 0 aliphatic carbocycles. The zero-order valence-corrected chi connectivity index (χ0v) is 19.9.